The molecule has 0 aliphatic carbocycles. The third-order valence-corrected chi connectivity index (χ3v) is 9.36. The number of Topliss-reactive ketones (excluding diaryl/α,β-unsaturated/α-hetero) is 1. The monoisotopic (exact) mass is 607 g/mol. The van der Waals surface area contributed by atoms with Gasteiger partial charge in [0.25, 0.3) is 0 Å². The smallest absolute Gasteiger partial charge is 0.247 e. The molecule has 2 aliphatic rings. The molecule has 5 unspecified atom stereocenters. The quantitative estimate of drug-likeness (QED) is 0.331. The van der Waals surface area contributed by atoms with Crippen molar-refractivity contribution in [3.8, 4) is 0 Å². The lowest BCUT2D eigenvalue weighted by atomic mass is 9.93. The Morgan fingerprint density at radius 1 is 0.932 bits per heavy atom. The molecule has 3 heterocycles. The number of aromatic nitrogens is 1. The van der Waals surface area contributed by atoms with E-state index >= 15 is 0 Å². The molecule has 2 saturated heterocycles. The summed E-state index contributed by atoms with van der Waals surface area (Å²) in [5, 5.41) is 9.80. The Bertz CT molecular complexity index is 1350. The van der Waals surface area contributed by atoms with Crippen LogP contribution in [0.3, 0.4) is 0 Å². The predicted molar refractivity (Wildman–Crippen MR) is 170 cm³/mol. The highest BCUT2D eigenvalue weighted by atomic mass is 16.2. The summed E-state index contributed by atoms with van der Waals surface area (Å²) in [6, 6.07) is 4.25. The van der Waals surface area contributed by atoms with Crippen LogP contribution in [0.5, 0.6) is 0 Å². The summed E-state index contributed by atoms with van der Waals surface area (Å²) in [7, 11) is 0. The zero-order chi connectivity index (χ0) is 31.8. The molecule has 5 atom stereocenters. The Balaban J connectivity index is 1.72. The van der Waals surface area contributed by atoms with Gasteiger partial charge in [0.15, 0.2) is 0 Å². The molecule has 1 aromatic heterocycles. The maximum Gasteiger partial charge on any atom is 0.247 e. The van der Waals surface area contributed by atoms with Gasteiger partial charge in [-0.15, -0.1) is 0 Å². The molecule has 2 aliphatic heterocycles. The van der Waals surface area contributed by atoms with Gasteiger partial charge in [0.2, 0.25) is 23.6 Å². The van der Waals surface area contributed by atoms with Crippen LogP contribution in [-0.4, -0.2) is 63.5 Å². The van der Waals surface area contributed by atoms with Crippen molar-refractivity contribution < 1.29 is 24.0 Å². The number of ketones is 1. The fourth-order valence-corrected chi connectivity index (χ4v) is 6.42. The Morgan fingerprint density at radius 3 is 2.43 bits per heavy atom. The number of carbonyl (C=O) groups excluding carboxylic acids is 5. The molecule has 10 nitrogen and oxygen atoms in total. The summed E-state index contributed by atoms with van der Waals surface area (Å²) in [5.74, 6) is -1.46. The first-order valence-corrected chi connectivity index (χ1v) is 16.5. The molecule has 0 radical (unpaired) electrons. The Hall–Kier alpha value is -3.69. The van der Waals surface area contributed by atoms with Gasteiger partial charge in [0.05, 0.1) is 0 Å². The standard InChI is InChI=1S/C34H49N5O5/c1-5-22(4)29-34(44)39-20-14-13-19-28(39)32(42)35-26(17-10-8-9-15-23(40)6-2)31(41)37-30(33(43)36-29)25-21-38(7-3)27-18-12-11-16-24(25)27/h11-12,16,18,21-22,26,28-30H,5-10,13-15,17,19-20H2,1-4H3,(H,35,42)(H,36,43)(H,37,41). The van der Waals surface area contributed by atoms with Crippen LogP contribution in [0.2, 0.25) is 0 Å². The highest BCUT2D eigenvalue weighted by Gasteiger charge is 2.41. The van der Waals surface area contributed by atoms with Crippen molar-refractivity contribution >= 4 is 40.3 Å². The second-order valence-electron chi connectivity index (χ2n) is 12.3. The van der Waals surface area contributed by atoms with E-state index in [1.165, 1.54) is 0 Å². The molecule has 4 rings (SSSR count). The average Bonchev–Trinajstić information content (AvgIpc) is 3.42. The second-order valence-corrected chi connectivity index (χ2v) is 12.3. The summed E-state index contributed by atoms with van der Waals surface area (Å²) in [6.45, 7) is 8.86. The number of aryl methyl sites for hydroxylation is 1. The van der Waals surface area contributed by atoms with Gasteiger partial charge in [-0.3, -0.25) is 24.0 Å². The molecule has 0 saturated carbocycles. The minimum atomic E-state index is -1.07. The third-order valence-electron chi connectivity index (χ3n) is 9.36. The van der Waals surface area contributed by atoms with E-state index in [9.17, 15) is 24.0 Å². The lowest BCUT2D eigenvalue weighted by Crippen LogP contribution is -2.62. The van der Waals surface area contributed by atoms with Crippen molar-refractivity contribution in [2.45, 2.75) is 123 Å². The van der Waals surface area contributed by atoms with Gasteiger partial charge in [-0.1, -0.05) is 58.2 Å². The molecular formula is C34H49N5O5. The van der Waals surface area contributed by atoms with Gasteiger partial charge in [0, 0.05) is 48.6 Å². The van der Waals surface area contributed by atoms with Crippen molar-refractivity contribution in [2.24, 2.45) is 5.92 Å². The van der Waals surface area contributed by atoms with Gasteiger partial charge in [-0.25, -0.2) is 0 Å². The van der Waals surface area contributed by atoms with Gasteiger partial charge in [-0.2, -0.15) is 0 Å². The summed E-state index contributed by atoms with van der Waals surface area (Å²) < 4.78 is 2.03. The Labute approximate surface area is 260 Å². The number of rotatable bonds is 11. The Morgan fingerprint density at radius 2 is 1.70 bits per heavy atom. The van der Waals surface area contributed by atoms with Crippen molar-refractivity contribution in [3.05, 3.63) is 36.0 Å². The highest BCUT2D eigenvalue weighted by molar-refractivity contribution is 6.00. The van der Waals surface area contributed by atoms with Crippen molar-refractivity contribution in [1.82, 2.24) is 25.4 Å². The van der Waals surface area contributed by atoms with Crippen molar-refractivity contribution in [1.29, 1.82) is 0 Å². The highest BCUT2D eigenvalue weighted by Crippen LogP contribution is 2.29. The minimum Gasteiger partial charge on any atom is -0.347 e. The number of unbranched alkanes of at least 4 members (excludes halogenated alkanes) is 2. The minimum absolute atomic E-state index is 0.180. The number of benzene rings is 1. The number of piperidine rings is 1. The lowest BCUT2D eigenvalue weighted by molar-refractivity contribution is -0.147. The zero-order valence-electron chi connectivity index (χ0n) is 26.7. The molecule has 2 fully saturated rings. The number of hydrogen-bond donors (Lipinski definition) is 3. The maximum absolute atomic E-state index is 14.2. The number of fused-ring (bicyclic) bond motifs is 2. The topological polar surface area (TPSA) is 130 Å². The van der Waals surface area contributed by atoms with Gasteiger partial charge < -0.3 is 25.4 Å². The molecule has 44 heavy (non-hydrogen) atoms. The molecule has 0 spiro atoms. The van der Waals surface area contributed by atoms with E-state index < -0.39 is 36.0 Å². The third kappa shape index (κ3) is 7.50. The summed E-state index contributed by atoms with van der Waals surface area (Å²) in [6.07, 6.45) is 8.08. The maximum atomic E-state index is 14.2. The van der Waals surface area contributed by atoms with Crippen LogP contribution >= 0.6 is 0 Å². The van der Waals surface area contributed by atoms with Gasteiger partial charge >= 0.3 is 0 Å². The first kappa shape index (κ1) is 33.2. The molecule has 240 valence electrons. The number of nitrogens with one attached hydrogen (secondary N) is 3. The fourth-order valence-electron chi connectivity index (χ4n) is 6.42. The number of amides is 4. The zero-order valence-corrected chi connectivity index (χ0v) is 26.7. The summed E-state index contributed by atoms with van der Waals surface area (Å²) >= 11 is 0. The number of nitrogens with zero attached hydrogens (tertiary/aromatic N) is 2. The summed E-state index contributed by atoms with van der Waals surface area (Å²) in [5.41, 5.74) is 1.58. The van der Waals surface area contributed by atoms with E-state index in [0.717, 1.165) is 36.6 Å². The molecular weight excluding hydrogens is 558 g/mol. The first-order chi connectivity index (χ1) is 21.2. The molecule has 3 N–H and O–H groups in total. The van der Waals surface area contributed by atoms with Crippen LogP contribution in [0.4, 0.5) is 0 Å². The largest absolute Gasteiger partial charge is 0.347 e. The van der Waals surface area contributed by atoms with Crippen LogP contribution < -0.4 is 16.0 Å². The summed E-state index contributed by atoms with van der Waals surface area (Å²) in [4.78, 5) is 69.4. The van der Waals surface area contributed by atoms with Crippen LogP contribution in [0.1, 0.15) is 104 Å². The number of carbonyl (C=O) groups is 5. The second kappa shape index (κ2) is 15.3. The average molecular weight is 608 g/mol. The fraction of sp³-hybridized carbons (Fsp3) is 0.618. The molecule has 0 bridgehead atoms. The molecule has 1 aromatic carbocycles. The molecule has 2 aromatic rings. The van der Waals surface area contributed by atoms with Crippen LogP contribution in [0, 0.1) is 5.92 Å². The van der Waals surface area contributed by atoms with E-state index in [4.69, 9.17) is 0 Å². The normalized spacial score (nSPS) is 24.0. The molecule has 10 heteroatoms. The number of para-hydroxylation sites is 1. The van der Waals surface area contributed by atoms with Crippen LogP contribution in [0.15, 0.2) is 30.5 Å². The Kier molecular flexibility index (Phi) is 11.6. The predicted octanol–water partition coefficient (Wildman–Crippen LogP) is 4.16. The van der Waals surface area contributed by atoms with Crippen molar-refractivity contribution in [2.75, 3.05) is 6.54 Å². The van der Waals surface area contributed by atoms with Crippen molar-refractivity contribution in [3.63, 3.8) is 0 Å². The SMILES string of the molecule is CCC(=O)CCCCCC1NC(=O)C2CCCCN2C(=O)C(C(C)CC)NC(=O)C(c2cn(CC)c3ccccc23)NC1=O. The van der Waals surface area contributed by atoms with Gasteiger partial charge in [-0.05, 0) is 51.0 Å². The van der Waals surface area contributed by atoms with Crippen LogP contribution in [0.25, 0.3) is 10.9 Å². The van der Waals surface area contributed by atoms with Crippen LogP contribution in [-0.2, 0) is 30.5 Å². The first-order valence-electron chi connectivity index (χ1n) is 16.5. The van der Waals surface area contributed by atoms with E-state index in [2.05, 4.69) is 16.0 Å². The molecule has 4 amide bonds. The van der Waals surface area contributed by atoms with Gasteiger partial charge in [0.1, 0.15) is 30.0 Å². The van der Waals surface area contributed by atoms with E-state index in [0.29, 0.717) is 57.2 Å². The van der Waals surface area contributed by atoms with E-state index in [1.54, 1.807) is 4.90 Å². The van der Waals surface area contributed by atoms with E-state index in [1.807, 2.05) is 62.7 Å². The lowest BCUT2D eigenvalue weighted by Gasteiger charge is -2.39. The number of hydrogen-bond acceptors (Lipinski definition) is 5. The van der Waals surface area contributed by atoms with E-state index in [-0.39, 0.29) is 23.5 Å².